The van der Waals surface area contributed by atoms with E-state index >= 15 is 0 Å². The van der Waals surface area contributed by atoms with E-state index in [1.807, 2.05) is 6.92 Å². The van der Waals surface area contributed by atoms with Gasteiger partial charge in [-0.2, -0.15) is 4.31 Å². The van der Waals surface area contributed by atoms with Crippen molar-refractivity contribution in [2.75, 3.05) is 30.8 Å². The first-order valence-electron chi connectivity index (χ1n) is 5.29. The van der Waals surface area contributed by atoms with Crippen LogP contribution in [-0.2, 0) is 10.0 Å². The Hall–Kier alpha value is 0.350. The topological polar surface area (TPSA) is 40.6 Å². The predicted octanol–water partition coefficient (Wildman–Crippen LogP) is 1.08. The van der Waals surface area contributed by atoms with Crippen LogP contribution in [0.1, 0.15) is 20.3 Å². The maximum atomic E-state index is 11.8. The van der Waals surface area contributed by atoms with E-state index in [2.05, 4.69) is 27.8 Å². The second kappa shape index (κ2) is 5.61. The van der Waals surface area contributed by atoms with Crippen LogP contribution in [0.4, 0.5) is 0 Å². The van der Waals surface area contributed by atoms with Crippen molar-refractivity contribution in [2.45, 2.75) is 26.3 Å². The maximum Gasteiger partial charge on any atom is 0.224 e. The minimum absolute atomic E-state index is 0.0243. The standard InChI is InChI=1S/C9H19BrN2O2S/c1-3-11-5-4-6-12(9(2)7-11)15(13,14)8-10/h9H,3-8H2,1-2H3. The van der Waals surface area contributed by atoms with Crippen molar-refractivity contribution in [3.8, 4) is 0 Å². The summed E-state index contributed by atoms with van der Waals surface area (Å²) in [6.45, 7) is 7.56. The number of halogens is 1. The first kappa shape index (κ1) is 13.4. The number of likely N-dealkylation sites (N-methyl/N-ethyl adjacent to an activating group) is 1. The van der Waals surface area contributed by atoms with Gasteiger partial charge < -0.3 is 4.90 Å². The van der Waals surface area contributed by atoms with E-state index in [4.69, 9.17) is 0 Å². The van der Waals surface area contributed by atoms with Gasteiger partial charge in [0.15, 0.2) is 0 Å². The molecule has 0 aliphatic carbocycles. The predicted molar refractivity (Wildman–Crippen MR) is 65.6 cm³/mol. The molecule has 0 aromatic carbocycles. The number of alkyl halides is 1. The minimum atomic E-state index is -3.10. The smallest absolute Gasteiger partial charge is 0.224 e. The first-order chi connectivity index (χ1) is 7.01. The van der Waals surface area contributed by atoms with Crippen molar-refractivity contribution >= 4 is 26.0 Å². The molecule has 15 heavy (non-hydrogen) atoms. The Labute approximate surface area is 101 Å². The van der Waals surface area contributed by atoms with Gasteiger partial charge in [-0.3, -0.25) is 0 Å². The Morgan fingerprint density at radius 1 is 1.40 bits per heavy atom. The highest BCUT2D eigenvalue weighted by atomic mass is 79.9. The molecule has 1 fully saturated rings. The van der Waals surface area contributed by atoms with Gasteiger partial charge >= 0.3 is 0 Å². The van der Waals surface area contributed by atoms with Gasteiger partial charge in [-0.25, -0.2) is 8.42 Å². The van der Waals surface area contributed by atoms with E-state index < -0.39 is 10.0 Å². The summed E-state index contributed by atoms with van der Waals surface area (Å²) in [6.07, 6.45) is 0.921. The zero-order valence-corrected chi connectivity index (χ0v) is 11.7. The van der Waals surface area contributed by atoms with E-state index in [-0.39, 0.29) is 10.7 Å². The Kier molecular flexibility index (Phi) is 5.02. The fraction of sp³-hybridized carbons (Fsp3) is 1.00. The summed E-state index contributed by atoms with van der Waals surface area (Å²) in [5.74, 6) is 0. The van der Waals surface area contributed by atoms with Gasteiger partial charge in [0.25, 0.3) is 0 Å². The van der Waals surface area contributed by atoms with Crippen LogP contribution in [0, 0.1) is 0 Å². The molecule has 1 atom stereocenters. The lowest BCUT2D eigenvalue weighted by Gasteiger charge is -2.27. The summed E-state index contributed by atoms with van der Waals surface area (Å²) < 4.78 is 25.2. The highest BCUT2D eigenvalue weighted by Gasteiger charge is 2.29. The molecule has 0 spiro atoms. The zero-order chi connectivity index (χ0) is 11.5. The average Bonchev–Trinajstić information content (AvgIpc) is 2.40. The Balaban J connectivity index is 2.75. The van der Waals surface area contributed by atoms with Crippen LogP contribution in [0.5, 0.6) is 0 Å². The van der Waals surface area contributed by atoms with Gasteiger partial charge in [-0.1, -0.05) is 22.9 Å². The van der Waals surface area contributed by atoms with Crippen LogP contribution >= 0.6 is 15.9 Å². The number of hydrogen-bond donors (Lipinski definition) is 0. The molecular weight excluding hydrogens is 280 g/mol. The van der Waals surface area contributed by atoms with E-state index in [9.17, 15) is 8.42 Å². The highest BCUT2D eigenvalue weighted by Crippen LogP contribution is 2.15. The van der Waals surface area contributed by atoms with Crippen LogP contribution in [-0.4, -0.2) is 54.5 Å². The van der Waals surface area contributed by atoms with Crippen molar-refractivity contribution in [1.82, 2.24) is 9.21 Å². The van der Waals surface area contributed by atoms with Crippen molar-refractivity contribution in [3.05, 3.63) is 0 Å². The van der Waals surface area contributed by atoms with E-state index in [0.29, 0.717) is 6.54 Å². The third-order valence-corrected chi connectivity index (χ3v) is 6.08. The monoisotopic (exact) mass is 298 g/mol. The van der Waals surface area contributed by atoms with Gasteiger partial charge in [0.05, 0.1) is 0 Å². The second-order valence-corrected chi connectivity index (χ2v) is 7.15. The van der Waals surface area contributed by atoms with Crippen molar-refractivity contribution in [1.29, 1.82) is 0 Å². The van der Waals surface area contributed by atoms with E-state index in [1.165, 1.54) is 0 Å². The van der Waals surface area contributed by atoms with E-state index in [0.717, 1.165) is 26.1 Å². The number of nitrogens with zero attached hydrogens (tertiary/aromatic N) is 2. The molecule has 1 saturated heterocycles. The number of rotatable bonds is 3. The molecule has 1 rings (SSSR count). The molecule has 0 bridgehead atoms. The summed E-state index contributed by atoms with van der Waals surface area (Å²) >= 11 is 3.05. The number of hydrogen-bond acceptors (Lipinski definition) is 3. The summed E-state index contributed by atoms with van der Waals surface area (Å²) in [7, 11) is -3.10. The van der Waals surface area contributed by atoms with Crippen LogP contribution in [0.15, 0.2) is 0 Å². The summed E-state index contributed by atoms with van der Waals surface area (Å²) in [6, 6.07) is 0.0787. The lowest BCUT2D eigenvalue weighted by molar-refractivity contribution is 0.262. The molecule has 0 aromatic heterocycles. The summed E-state index contributed by atoms with van der Waals surface area (Å²) in [5, 5.41) is 0. The van der Waals surface area contributed by atoms with Crippen molar-refractivity contribution < 1.29 is 8.42 Å². The molecule has 0 saturated carbocycles. The highest BCUT2D eigenvalue weighted by molar-refractivity contribution is 9.10. The molecule has 1 aliphatic heterocycles. The fourth-order valence-electron chi connectivity index (χ4n) is 1.99. The molecule has 1 aliphatic rings. The van der Waals surface area contributed by atoms with Gasteiger partial charge in [-0.15, -0.1) is 0 Å². The number of sulfonamides is 1. The second-order valence-electron chi connectivity index (χ2n) is 3.93. The lowest BCUT2D eigenvalue weighted by atomic mass is 10.3. The molecule has 90 valence electrons. The average molecular weight is 299 g/mol. The van der Waals surface area contributed by atoms with Crippen LogP contribution in [0.2, 0.25) is 0 Å². The normalized spacial score (nSPS) is 26.5. The molecule has 4 nitrogen and oxygen atoms in total. The quantitative estimate of drug-likeness (QED) is 0.732. The van der Waals surface area contributed by atoms with Crippen LogP contribution < -0.4 is 0 Å². The molecular formula is C9H19BrN2O2S. The lowest BCUT2D eigenvalue weighted by Crippen LogP contribution is -2.42. The minimum Gasteiger partial charge on any atom is -0.302 e. The van der Waals surface area contributed by atoms with Crippen molar-refractivity contribution in [2.24, 2.45) is 0 Å². The summed E-state index contributed by atoms with van der Waals surface area (Å²) in [4.78, 5) is 2.30. The first-order valence-corrected chi connectivity index (χ1v) is 8.02. The maximum absolute atomic E-state index is 11.8. The van der Waals surface area contributed by atoms with E-state index in [1.54, 1.807) is 4.31 Å². The zero-order valence-electron chi connectivity index (χ0n) is 9.32. The SMILES string of the molecule is CCN1CCCN(S(=O)(=O)CBr)C(C)C1. The summed E-state index contributed by atoms with van der Waals surface area (Å²) in [5.41, 5.74) is 0. The molecule has 0 aromatic rings. The third kappa shape index (κ3) is 3.41. The Morgan fingerprint density at radius 3 is 2.60 bits per heavy atom. The molecule has 0 radical (unpaired) electrons. The van der Waals surface area contributed by atoms with Gasteiger partial charge in [0, 0.05) is 19.1 Å². The Bertz CT molecular complexity index is 294. The largest absolute Gasteiger partial charge is 0.302 e. The van der Waals surface area contributed by atoms with Gasteiger partial charge in [0.1, 0.15) is 4.66 Å². The molecule has 0 amide bonds. The molecule has 6 heteroatoms. The molecule has 0 N–H and O–H groups in total. The molecule has 1 heterocycles. The Morgan fingerprint density at radius 2 is 2.07 bits per heavy atom. The molecule has 1 unspecified atom stereocenters. The van der Waals surface area contributed by atoms with Crippen LogP contribution in [0.3, 0.4) is 0 Å². The fourth-order valence-corrected chi connectivity index (χ4v) is 3.93. The van der Waals surface area contributed by atoms with Gasteiger partial charge in [0.2, 0.25) is 10.0 Å². The van der Waals surface area contributed by atoms with Crippen LogP contribution in [0.25, 0.3) is 0 Å². The van der Waals surface area contributed by atoms with Crippen molar-refractivity contribution in [3.63, 3.8) is 0 Å². The van der Waals surface area contributed by atoms with Gasteiger partial charge in [-0.05, 0) is 26.4 Å². The third-order valence-electron chi connectivity index (χ3n) is 2.81.